The van der Waals surface area contributed by atoms with Gasteiger partial charge in [-0.3, -0.25) is 4.79 Å². The molecule has 0 spiro atoms. The summed E-state index contributed by atoms with van der Waals surface area (Å²) in [4.78, 5) is 11.8. The van der Waals surface area contributed by atoms with E-state index in [1.165, 1.54) is 25.0 Å². The van der Waals surface area contributed by atoms with Gasteiger partial charge in [-0.25, -0.2) is 4.39 Å². The Bertz CT molecular complexity index is 399. The molecule has 2 nitrogen and oxygen atoms in total. The molecule has 1 N–H and O–H groups in total. The van der Waals surface area contributed by atoms with Crippen LogP contribution in [0.5, 0.6) is 0 Å². The van der Waals surface area contributed by atoms with Crippen LogP contribution in [0.4, 0.5) is 4.39 Å². The van der Waals surface area contributed by atoms with Crippen molar-refractivity contribution in [1.82, 2.24) is 5.32 Å². The number of benzene rings is 1. The molecule has 1 saturated heterocycles. The summed E-state index contributed by atoms with van der Waals surface area (Å²) in [6.45, 7) is 2.14. The van der Waals surface area contributed by atoms with E-state index >= 15 is 0 Å². The number of halogens is 1. The summed E-state index contributed by atoms with van der Waals surface area (Å²) in [7, 11) is 0. The summed E-state index contributed by atoms with van der Waals surface area (Å²) in [6, 6.07) is 6.31. The second kappa shape index (κ2) is 6.64. The molecule has 0 aliphatic carbocycles. The average molecular weight is 249 g/mol. The monoisotopic (exact) mass is 249 g/mol. The number of carbonyl (C=O) groups excluding carboxylic acids is 1. The molecular weight excluding hydrogens is 229 g/mol. The van der Waals surface area contributed by atoms with Gasteiger partial charge in [-0.2, -0.15) is 0 Å². The van der Waals surface area contributed by atoms with Crippen molar-refractivity contribution < 1.29 is 9.18 Å². The van der Waals surface area contributed by atoms with Crippen LogP contribution in [0.1, 0.15) is 31.2 Å². The van der Waals surface area contributed by atoms with Crippen LogP contribution in [0.3, 0.4) is 0 Å². The fourth-order valence-corrected chi connectivity index (χ4v) is 2.50. The summed E-state index contributed by atoms with van der Waals surface area (Å²) >= 11 is 0. The molecule has 0 amide bonds. The van der Waals surface area contributed by atoms with E-state index in [-0.39, 0.29) is 11.6 Å². The predicted molar refractivity (Wildman–Crippen MR) is 69.9 cm³/mol. The average Bonchev–Trinajstić information content (AvgIpc) is 2.38. The van der Waals surface area contributed by atoms with Crippen LogP contribution in [0, 0.1) is 11.7 Å². The smallest absolute Gasteiger partial charge is 0.137 e. The molecule has 1 unspecified atom stereocenters. The minimum absolute atomic E-state index is 0.214. The Balaban J connectivity index is 1.74. The molecule has 18 heavy (non-hydrogen) atoms. The van der Waals surface area contributed by atoms with E-state index in [0.29, 0.717) is 18.8 Å². The molecule has 3 heteroatoms. The summed E-state index contributed by atoms with van der Waals surface area (Å²) < 4.78 is 13.0. The van der Waals surface area contributed by atoms with Crippen LogP contribution in [0.25, 0.3) is 0 Å². The second-order valence-corrected chi connectivity index (χ2v) is 5.10. The van der Waals surface area contributed by atoms with E-state index in [1.54, 1.807) is 6.07 Å². The Morgan fingerprint density at radius 3 is 3.06 bits per heavy atom. The first kappa shape index (κ1) is 13.2. The first-order valence-corrected chi connectivity index (χ1v) is 6.71. The third kappa shape index (κ3) is 4.22. The molecule has 1 atom stereocenters. The van der Waals surface area contributed by atoms with E-state index in [9.17, 15) is 9.18 Å². The van der Waals surface area contributed by atoms with Crippen molar-refractivity contribution >= 4 is 5.78 Å². The molecule has 1 aromatic rings. The SMILES string of the molecule is O=C(CCC1CCCNC1)Cc1cccc(F)c1. The molecule has 1 fully saturated rings. The molecule has 0 radical (unpaired) electrons. The lowest BCUT2D eigenvalue weighted by atomic mass is 9.92. The quantitative estimate of drug-likeness (QED) is 0.869. The number of hydrogen-bond donors (Lipinski definition) is 1. The number of hydrogen-bond acceptors (Lipinski definition) is 2. The van der Waals surface area contributed by atoms with Gasteiger partial charge in [0.25, 0.3) is 0 Å². The highest BCUT2D eigenvalue weighted by Gasteiger charge is 2.14. The number of carbonyl (C=O) groups is 1. The van der Waals surface area contributed by atoms with Gasteiger partial charge in [-0.15, -0.1) is 0 Å². The van der Waals surface area contributed by atoms with Gasteiger partial charge in [-0.05, 0) is 56.0 Å². The fourth-order valence-electron chi connectivity index (χ4n) is 2.50. The molecule has 0 bridgehead atoms. The molecule has 0 aromatic heterocycles. The lowest BCUT2D eigenvalue weighted by Gasteiger charge is -2.22. The van der Waals surface area contributed by atoms with Crippen LogP contribution < -0.4 is 5.32 Å². The molecule has 98 valence electrons. The maximum atomic E-state index is 13.0. The van der Waals surface area contributed by atoms with Gasteiger partial charge < -0.3 is 5.32 Å². The lowest BCUT2D eigenvalue weighted by molar-refractivity contribution is -0.118. The maximum absolute atomic E-state index is 13.0. The van der Waals surface area contributed by atoms with Gasteiger partial charge in [0.1, 0.15) is 11.6 Å². The van der Waals surface area contributed by atoms with Crippen LogP contribution in [0.15, 0.2) is 24.3 Å². The van der Waals surface area contributed by atoms with E-state index in [2.05, 4.69) is 5.32 Å². The molecular formula is C15H20FNO. The van der Waals surface area contributed by atoms with Crippen molar-refractivity contribution in [1.29, 1.82) is 0 Å². The van der Waals surface area contributed by atoms with Crippen molar-refractivity contribution in [2.45, 2.75) is 32.1 Å². The maximum Gasteiger partial charge on any atom is 0.137 e. The highest BCUT2D eigenvalue weighted by molar-refractivity contribution is 5.80. The summed E-state index contributed by atoms with van der Waals surface area (Å²) in [5.41, 5.74) is 0.779. The summed E-state index contributed by atoms with van der Waals surface area (Å²) in [5.74, 6) is 0.582. The summed E-state index contributed by atoms with van der Waals surface area (Å²) in [5, 5.41) is 3.35. The highest BCUT2D eigenvalue weighted by Crippen LogP contribution is 2.17. The number of piperidine rings is 1. The van der Waals surface area contributed by atoms with Crippen LogP contribution in [0.2, 0.25) is 0 Å². The van der Waals surface area contributed by atoms with Crippen molar-refractivity contribution in [3.05, 3.63) is 35.6 Å². The van der Waals surface area contributed by atoms with Crippen LogP contribution in [-0.2, 0) is 11.2 Å². The second-order valence-electron chi connectivity index (χ2n) is 5.10. The Kier molecular flexibility index (Phi) is 4.88. The van der Waals surface area contributed by atoms with Gasteiger partial charge in [0.2, 0.25) is 0 Å². The Labute approximate surface area is 108 Å². The van der Waals surface area contributed by atoms with Crippen molar-refractivity contribution in [2.75, 3.05) is 13.1 Å². The third-order valence-electron chi connectivity index (χ3n) is 3.52. The zero-order valence-corrected chi connectivity index (χ0v) is 10.6. The highest BCUT2D eigenvalue weighted by atomic mass is 19.1. The number of nitrogens with one attached hydrogen (secondary N) is 1. The molecule has 1 aliphatic heterocycles. The van der Waals surface area contributed by atoms with Gasteiger partial charge in [0.15, 0.2) is 0 Å². The van der Waals surface area contributed by atoms with Gasteiger partial charge in [-0.1, -0.05) is 12.1 Å². The van der Waals surface area contributed by atoms with Crippen molar-refractivity contribution in [3.8, 4) is 0 Å². The predicted octanol–water partition coefficient (Wildman–Crippen LogP) is 2.72. The van der Waals surface area contributed by atoms with Gasteiger partial charge in [0.05, 0.1) is 0 Å². The molecule has 1 heterocycles. The van der Waals surface area contributed by atoms with Crippen LogP contribution in [-0.4, -0.2) is 18.9 Å². The molecule has 1 aliphatic rings. The molecule has 2 rings (SSSR count). The van der Waals surface area contributed by atoms with E-state index in [0.717, 1.165) is 25.1 Å². The first-order valence-electron chi connectivity index (χ1n) is 6.71. The largest absolute Gasteiger partial charge is 0.316 e. The lowest BCUT2D eigenvalue weighted by Crippen LogP contribution is -2.30. The normalized spacial score (nSPS) is 19.7. The van der Waals surface area contributed by atoms with Gasteiger partial charge in [0, 0.05) is 12.8 Å². The third-order valence-corrected chi connectivity index (χ3v) is 3.52. The zero-order chi connectivity index (χ0) is 12.8. The molecule has 1 aromatic carbocycles. The summed E-state index contributed by atoms with van der Waals surface area (Å²) in [6.07, 6.45) is 4.37. The fraction of sp³-hybridized carbons (Fsp3) is 0.533. The van der Waals surface area contributed by atoms with E-state index < -0.39 is 0 Å². The Hall–Kier alpha value is -1.22. The molecule has 0 saturated carbocycles. The number of Topliss-reactive ketones (excluding diaryl/α,β-unsaturated/α-hetero) is 1. The number of ketones is 1. The van der Waals surface area contributed by atoms with Gasteiger partial charge >= 0.3 is 0 Å². The van der Waals surface area contributed by atoms with E-state index in [4.69, 9.17) is 0 Å². The van der Waals surface area contributed by atoms with Crippen molar-refractivity contribution in [2.24, 2.45) is 5.92 Å². The topological polar surface area (TPSA) is 29.1 Å². The zero-order valence-electron chi connectivity index (χ0n) is 10.6. The van der Waals surface area contributed by atoms with E-state index in [1.807, 2.05) is 6.07 Å². The Morgan fingerprint density at radius 1 is 1.44 bits per heavy atom. The Morgan fingerprint density at radius 2 is 2.33 bits per heavy atom. The van der Waals surface area contributed by atoms with Crippen molar-refractivity contribution in [3.63, 3.8) is 0 Å². The van der Waals surface area contributed by atoms with Crippen LogP contribution >= 0.6 is 0 Å². The first-order chi connectivity index (χ1) is 8.74. The standard InChI is InChI=1S/C15H20FNO/c16-14-5-1-3-13(9-14)10-15(18)7-6-12-4-2-8-17-11-12/h1,3,5,9,12,17H,2,4,6-8,10-11H2. The minimum atomic E-state index is -0.267. The minimum Gasteiger partial charge on any atom is -0.316 e. The number of rotatable bonds is 5.